The molecule has 0 aromatic rings. The molecule has 3 aliphatic rings. The number of hydrogen-bond donors (Lipinski definition) is 2. The number of carbonyl (C=O) groups is 1. The summed E-state index contributed by atoms with van der Waals surface area (Å²) in [7, 11) is 0. The van der Waals surface area contributed by atoms with Gasteiger partial charge in [0.15, 0.2) is 5.96 Å². The average molecular weight is 436 g/mol. The summed E-state index contributed by atoms with van der Waals surface area (Å²) < 4.78 is 5.87. The number of rotatable bonds is 5. The van der Waals surface area contributed by atoms with E-state index in [0.717, 1.165) is 51.3 Å². The Hall–Kier alpha value is -0.570. The van der Waals surface area contributed by atoms with Gasteiger partial charge in [-0.15, -0.1) is 24.0 Å². The third-order valence-corrected chi connectivity index (χ3v) is 4.83. The quantitative estimate of drug-likeness (QED) is 0.390. The zero-order valence-corrected chi connectivity index (χ0v) is 16.3. The lowest BCUT2D eigenvalue weighted by Gasteiger charge is -2.22. The maximum atomic E-state index is 12.0. The van der Waals surface area contributed by atoms with E-state index in [1.807, 2.05) is 4.90 Å². The van der Waals surface area contributed by atoms with Crippen molar-refractivity contribution in [2.24, 2.45) is 4.99 Å². The number of aliphatic imine (C=N–C) groups is 1. The molecule has 3 aliphatic heterocycles. The molecule has 3 atom stereocenters. The van der Waals surface area contributed by atoms with Crippen molar-refractivity contribution in [1.82, 2.24) is 15.5 Å². The maximum Gasteiger partial charge on any atom is 0.224 e. The van der Waals surface area contributed by atoms with E-state index in [-0.39, 0.29) is 29.9 Å². The molecule has 7 heteroatoms. The number of fused-ring (bicyclic) bond motifs is 2. The lowest BCUT2D eigenvalue weighted by Crippen LogP contribution is -2.47. The van der Waals surface area contributed by atoms with E-state index in [1.54, 1.807) is 0 Å². The van der Waals surface area contributed by atoms with Crippen molar-refractivity contribution < 1.29 is 9.53 Å². The first-order valence-electron chi connectivity index (χ1n) is 8.74. The van der Waals surface area contributed by atoms with Gasteiger partial charge >= 0.3 is 0 Å². The molecule has 2 N–H and O–H groups in total. The predicted molar refractivity (Wildman–Crippen MR) is 101 cm³/mol. The highest BCUT2D eigenvalue weighted by Crippen LogP contribution is 2.34. The molecule has 3 fully saturated rings. The molecule has 3 rings (SSSR count). The monoisotopic (exact) mass is 436 g/mol. The molecular weight excluding hydrogens is 407 g/mol. The Morgan fingerprint density at radius 1 is 1.30 bits per heavy atom. The number of likely N-dealkylation sites (tertiary alicyclic amines) is 1. The molecule has 3 heterocycles. The van der Waals surface area contributed by atoms with E-state index in [1.165, 1.54) is 6.42 Å². The van der Waals surface area contributed by atoms with Crippen LogP contribution in [0.2, 0.25) is 0 Å². The Labute approximate surface area is 155 Å². The molecule has 0 aromatic heterocycles. The molecule has 0 spiro atoms. The van der Waals surface area contributed by atoms with Crippen LogP contribution < -0.4 is 10.6 Å². The highest BCUT2D eigenvalue weighted by atomic mass is 127. The van der Waals surface area contributed by atoms with E-state index >= 15 is 0 Å². The fourth-order valence-electron chi connectivity index (χ4n) is 3.67. The van der Waals surface area contributed by atoms with E-state index in [0.29, 0.717) is 31.2 Å². The van der Waals surface area contributed by atoms with Gasteiger partial charge < -0.3 is 20.3 Å². The summed E-state index contributed by atoms with van der Waals surface area (Å²) in [5.41, 5.74) is 0. The molecule has 2 bridgehead atoms. The van der Waals surface area contributed by atoms with E-state index in [4.69, 9.17) is 4.74 Å². The van der Waals surface area contributed by atoms with Crippen molar-refractivity contribution >= 4 is 35.8 Å². The molecule has 3 unspecified atom stereocenters. The zero-order valence-electron chi connectivity index (χ0n) is 13.9. The maximum absolute atomic E-state index is 12.0. The number of nitrogens with zero attached hydrogens (tertiary/aromatic N) is 2. The van der Waals surface area contributed by atoms with Gasteiger partial charge in [0.1, 0.15) is 0 Å². The minimum absolute atomic E-state index is 0. The Kier molecular flexibility index (Phi) is 7.39. The van der Waals surface area contributed by atoms with E-state index < -0.39 is 0 Å². The van der Waals surface area contributed by atoms with Crippen LogP contribution in [-0.4, -0.2) is 61.2 Å². The van der Waals surface area contributed by atoms with Crippen molar-refractivity contribution in [3.8, 4) is 0 Å². The van der Waals surface area contributed by atoms with Gasteiger partial charge in [0.05, 0.1) is 24.8 Å². The molecule has 3 saturated heterocycles. The van der Waals surface area contributed by atoms with Crippen LogP contribution in [0, 0.1) is 0 Å². The van der Waals surface area contributed by atoms with Gasteiger partial charge in [-0.25, -0.2) is 0 Å². The average Bonchev–Trinajstić information content (AvgIpc) is 3.25. The van der Waals surface area contributed by atoms with Gasteiger partial charge in [-0.1, -0.05) is 0 Å². The number of ether oxygens (including phenoxy) is 1. The summed E-state index contributed by atoms with van der Waals surface area (Å²) in [5.74, 6) is 1.05. The van der Waals surface area contributed by atoms with Crippen LogP contribution in [0.15, 0.2) is 4.99 Å². The summed E-state index contributed by atoms with van der Waals surface area (Å²) in [4.78, 5) is 18.6. The molecule has 0 aliphatic carbocycles. The van der Waals surface area contributed by atoms with Gasteiger partial charge in [-0.3, -0.25) is 9.79 Å². The van der Waals surface area contributed by atoms with Crippen LogP contribution in [0.3, 0.4) is 0 Å². The molecular formula is C16H29IN4O2. The number of guanidine groups is 1. The number of hydrogen-bond acceptors (Lipinski definition) is 3. The first kappa shape index (κ1) is 18.8. The lowest BCUT2D eigenvalue weighted by atomic mass is 9.96. The first-order valence-corrected chi connectivity index (χ1v) is 8.74. The molecule has 132 valence electrons. The van der Waals surface area contributed by atoms with Crippen LogP contribution in [0.25, 0.3) is 0 Å². The van der Waals surface area contributed by atoms with Crippen LogP contribution in [0.4, 0.5) is 0 Å². The summed E-state index contributed by atoms with van der Waals surface area (Å²) in [6, 6.07) is 0.367. The first-order chi connectivity index (χ1) is 10.8. The highest BCUT2D eigenvalue weighted by Gasteiger charge is 2.41. The zero-order chi connectivity index (χ0) is 15.4. The van der Waals surface area contributed by atoms with E-state index in [9.17, 15) is 4.79 Å². The Morgan fingerprint density at radius 2 is 2.09 bits per heavy atom. The standard InChI is InChI=1S/C16H28N4O2.HI/c1-2-17-16(19-13-11-12-5-6-14(13)22-12)18-8-7-15(21)20-9-3-4-10-20;/h12-14H,2-11H2,1H3,(H2,17,18,19);1H. The van der Waals surface area contributed by atoms with Gasteiger partial charge in [-0.2, -0.15) is 0 Å². The lowest BCUT2D eigenvalue weighted by molar-refractivity contribution is -0.129. The number of halogens is 1. The van der Waals surface area contributed by atoms with Crippen LogP contribution in [0.1, 0.15) is 45.4 Å². The van der Waals surface area contributed by atoms with Gasteiger partial charge in [0.2, 0.25) is 5.91 Å². The van der Waals surface area contributed by atoms with Crippen molar-refractivity contribution in [2.45, 2.75) is 63.7 Å². The highest BCUT2D eigenvalue weighted by molar-refractivity contribution is 14.0. The third-order valence-electron chi connectivity index (χ3n) is 4.83. The third kappa shape index (κ3) is 4.95. The van der Waals surface area contributed by atoms with Crippen LogP contribution >= 0.6 is 24.0 Å². The fraction of sp³-hybridized carbons (Fsp3) is 0.875. The van der Waals surface area contributed by atoms with Crippen molar-refractivity contribution in [3.05, 3.63) is 0 Å². The smallest absolute Gasteiger partial charge is 0.224 e. The Morgan fingerprint density at radius 3 is 2.70 bits per heavy atom. The topological polar surface area (TPSA) is 66.0 Å². The summed E-state index contributed by atoms with van der Waals surface area (Å²) in [6.45, 7) is 5.27. The van der Waals surface area contributed by atoms with Crippen molar-refractivity contribution in [2.75, 3.05) is 26.2 Å². The van der Waals surface area contributed by atoms with E-state index in [2.05, 4.69) is 22.5 Å². The Bertz CT molecular complexity index is 426. The predicted octanol–water partition coefficient (Wildman–Crippen LogP) is 1.49. The fourth-order valence-corrected chi connectivity index (χ4v) is 3.67. The molecule has 0 saturated carbocycles. The number of nitrogens with one attached hydrogen (secondary N) is 2. The molecule has 23 heavy (non-hydrogen) atoms. The normalized spacial score (nSPS) is 29.5. The molecule has 0 radical (unpaired) electrons. The second-order valence-corrected chi connectivity index (χ2v) is 6.46. The SMILES string of the molecule is CCNC(=NCCC(=O)N1CCCC1)NC1CC2CCC1O2.I. The molecule has 6 nitrogen and oxygen atoms in total. The van der Waals surface area contributed by atoms with Gasteiger partial charge in [-0.05, 0) is 39.0 Å². The van der Waals surface area contributed by atoms with Crippen LogP contribution in [-0.2, 0) is 9.53 Å². The second-order valence-electron chi connectivity index (χ2n) is 6.46. The summed E-state index contributed by atoms with van der Waals surface area (Å²) in [6.07, 6.45) is 6.97. The van der Waals surface area contributed by atoms with Gasteiger partial charge in [0, 0.05) is 26.1 Å². The van der Waals surface area contributed by atoms with Gasteiger partial charge in [0.25, 0.3) is 0 Å². The second kappa shape index (κ2) is 9.05. The van der Waals surface area contributed by atoms with Crippen molar-refractivity contribution in [3.63, 3.8) is 0 Å². The molecule has 0 aromatic carbocycles. The molecule has 1 amide bonds. The summed E-state index contributed by atoms with van der Waals surface area (Å²) in [5, 5.41) is 6.75. The Balaban J connectivity index is 0.00000192. The minimum Gasteiger partial charge on any atom is -0.373 e. The largest absolute Gasteiger partial charge is 0.373 e. The van der Waals surface area contributed by atoms with Crippen molar-refractivity contribution in [1.29, 1.82) is 0 Å². The number of carbonyl (C=O) groups excluding carboxylic acids is 1. The number of amides is 1. The summed E-state index contributed by atoms with van der Waals surface area (Å²) >= 11 is 0. The minimum atomic E-state index is 0. The van der Waals surface area contributed by atoms with Crippen LogP contribution in [0.5, 0.6) is 0 Å².